The quantitative estimate of drug-likeness (QED) is 0.291. The highest BCUT2D eigenvalue weighted by atomic mass is 15.3. The van der Waals surface area contributed by atoms with E-state index in [0.717, 1.165) is 11.3 Å². The first kappa shape index (κ1) is 14.5. The van der Waals surface area contributed by atoms with E-state index in [1.165, 1.54) is 27.1 Å². The average molecular weight is 310 g/mol. The lowest BCUT2D eigenvalue weighted by Crippen LogP contribution is -1.93. The van der Waals surface area contributed by atoms with E-state index >= 15 is 0 Å². The lowest BCUT2D eigenvalue weighted by atomic mass is 9.97. The smallest absolute Gasteiger partial charge is 0.0561 e. The molecule has 0 aliphatic heterocycles. The Morgan fingerprint density at radius 1 is 0.750 bits per heavy atom. The Kier molecular flexibility index (Phi) is 3.72. The molecule has 0 aromatic heterocycles. The molecule has 4 aromatic carbocycles. The number of nitrogens with zero attached hydrogens (tertiary/aromatic N) is 1. The van der Waals surface area contributed by atoms with E-state index in [1.54, 1.807) is 0 Å². The average Bonchev–Trinajstić information content (AvgIpc) is 2.63. The van der Waals surface area contributed by atoms with Crippen molar-refractivity contribution in [1.82, 2.24) is 0 Å². The molecular weight excluding hydrogens is 292 g/mol. The number of anilines is 1. The maximum Gasteiger partial charge on any atom is 0.0561 e. The van der Waals surface area contributed by atoms with Gasteiger partial charge in [-0.15, -0.1) is 0 Å². The molecule has 1 N–H and O–H groups in total. The molecule has 2 nitrogen and oxygen atoms in total. The van der Waals surface area contributed by atoms with Gasteiger partial charge in [-0.05, 0) is 46.7 Å². The molecule has 0 saturated heterocycles. The number of hydrogen-bond acceptors (Lipinski definition) is 2. The molecule has 116 valence electrons. The second-order valence-corrected chi connectivity index (χ2v) is 5.97. The topological polar surface area (TPSA) is 24.4 Å². The predicted molar refractivity (Wildman–Crippen MR) is 104 cm³/mol. The van der Waals surface area contributed by atoms with Crippen molar-refractivity contribution in [1.29, 1.82) is 0 Å². The monoisotopic (exact) mass is 310 g/mol. The van der Waals surface area contributed by atoms with Gasteiger partial charge in [-0.3, -0.25) is 5.43 Å². The summed E-state index contributed by atoms with van der Waals surface area (Å²) in [6, 6.07) is 27.3. The van der Waals surface area contributed by atoms with Crippen molar-refractivity contribution in [2.24, 2.45) is 5.10 Å². The molecule has 0 spiro atoms. The lowest BCUT2D eigenvalue weighted by molar-refractivity contribution is 1.34. The van der Waals surface area contributed by atoms with Gasteiger partial charge in [0.25, 0.3) is 0 Å². The van der Waals surface area contributed by atoms with E-state index in [9.17, 15) is 0 Å². The molecule has 0 fully saturated rings. The van der Waals surface area contributed by atoms with Crippen molar-refractivity contribution in [2.75, 3.05) is 5.43 Å². The number of rotatable bonds is 3. The summed E-state index contributed by atoms with van der Waals surface area (Å²) in [5.74, 6) is 0. The first-order valence-electron chi connectivity index (χ1n) is 8.07. The molecule has 0 aliphatic carbocycles. The van der Waals surface area contributed by atoms with Crippen LogP contribution in [-0.2, 0) is 0 Å². The van der Waals surface area contributed by atoms with Gasteiger partial charge < -0.3 is 0 Å². The van der Waals surface area contributed by atoms with Crippen LogP contribution in [0.5, 0.6) is 0 Å². The molecule has 0 heterocycles. The Bertz CT molecular complexity index is 977. The van der Waals surface area contributed by atoms with Gasteiger partial charge >= 0.3 is 0 Å². The van der Waals surface area contributed by atoms with E-state index in [2.05, 4.69) is 84.2 Å². The van der Waals surface area contributed by atoms with E-state index in [4.69, 9.17) is 0 Å². The maximum absolute atomic E-state index is 4.47. The Morgan fingerprint density at radius 2 is 1.33 bits per heavy atom. The van der Waals surface area contributed by atoms with E-state index in [-0.39, 0.29) is 0 Å². The maximum atomic E-state index is 4.47. The molecule has 0 aliphatic rings. The van der Waals surface area contributed by atoms with Crippen molar-refractivity contribution in [3.8, 4) is 0 Å². The van der Waals surface area contributed by atoms with Gasteiger partial charge in [0.2, 0.25) is 0 Å². The van der Waals surface area contributed by atoms with Gasteiger partial charge in [-0.2, -0.15) is 5.10 Å². The van der Waals surface area contributed by atoms with Crippen LogP contribution < -0.4 is 5.43 Å². The highest BCUT2D eigenvalue weighted by Gasteiger charge is 2.05. The summed E-state index contributed by atoms with van der Waals surface area (Å²) < 4.78 is 0. The second kappa shape index (κ2) is 6.17. The molecule has 0 unspecified atom stereocenters. The molecule has 0 saturated carbocycles. The van der Waals surface area contributed by atoms with E-state index < -0.39 is 0 Å². The first-order valence-corrected chi connectivity index (χ1v) is 8.07. The van der Waals surface area contributed by atoms with Crippen LogP contribution in [0.15, 0.2) is 84.0 Å². The number of fused-ring (bicyclic) bond motifs is 2. The highest BCUT2D eigenvalue weighted by molar-refractivity contribution is 6.13. The van der Waals surface area contributed by atoms with Crippen molar-refractivity contribution in [3.63, 3.8) is 0 Å². The normalized spacial score (nSPS) is 11.4. The minimum Gasteiger partial charge on any atom is -0.279 e. The standard InChI is InChI=1S/C22H18N2/c1-16-10-12-19(13-11-16)24-23-15-22-20-8-4-2-6-17(20)14-18-7-3-5-9-21(18)22/h2-15,24H,1H3/b23-15-. The van der Waals surface area contributed by atoms with Gasteiger partial charge in [0.1, 0.15) is 0 Å². The molecule has 0 amide bonds. The van der Waals surface area contributed by atoms with E-state index in [1.807, 2.05) is 18.3 Å². The summed E-state index contributed by atoms with van der Waals surface area (Å²) >= 11 is 0. The molecule has 24 heavy (non-hydrogen) atoms. The van der Waals surface area contributed by atoms with Crippen LogP contribution in [0.3, 0.4) is 0 Å². The van der Waals surface area contributed by atoms with Crippen LogP contribution >= 0.6 is 0 Å². The fourth-order valence-corrected chi connectivity index (χ4v) is 2.99. The largest absolute Gasteiger partial charge is 0.279 e. The van der Waals surface area contributed by atoms with Crippen LogP contribution in [0.2, 0.25) is 0 Å². The molecule has 2 heteroatoms. The number of nitrogens with one attached hydrogen (secondary N) is 1. The minimum absolute atomic E-state index is 0.987. The molecular formula is C22H18N2. The summed E-state index contributed by atoms with van der Waals surface area (Å²) in [6.45, 7) is 2.08. The zero-order valence-corrected chi connectivity index (χ0v) is 13.5. The summed E-state index contributed by atoms with van der Waals surface area (Å²) in [7, 11) is 0. The van der Waals surface area contributed by atoms with Crippen LogP contribution in [0, 0.1) is 6.92 Å². The van der Waals surface area contributed by atoms with Crippen molar-refractivity contribution >= 4 is 33.4 Å². The van der Waals surface area contributed by atoms with Gasteiger partial charge in [0, 0.05) is 5.56 Å². The molecule has 0 radical (unpaired) electrons. The summed E-state index contributed by atoms with van der Waals surface area (Å²) in [4.78, 5) is 0. The van der Waals surface area contributed by atoms with Crippen LogP contribution in [0.25, 0.3) is 21.5 Å². The van der Waals surface area contributed by atoms with Crippen molar-refractivity contribution < 1.29 is 0 Å². The van der Waals surface area contributed by atoms with Gasteiger partial charge in [0.15, 0.2) is 0 Å². The molecule has 0 bridgehead atoms. The fourth-order valence-electron chi connectivity index (χ4n) is 2.99. The van der Waals surface area contributed by atoms with E-state index in [0.29, 0.717) is 0 Å². The van der Waals surface area contributed by atoms with Crippen molar-refractivity contribution in [3.05, 3.63) is 90.0 Å². The van der Waals surface area contributed by atoms with Crippen LogP contribution in [0.1, 0.15) is 11.1 Å². The fraction of sp³-hybridized carbons (Fsp3) is 0.0455. The zero-order chi connectivity index (χ0) is 16.4. The number of benzene rings is 4. The zero-order valence-electron chi connectivity index (χ0n) is 13.5. The van der Waals surface area contributed by atoms with Crippen molar-refractivity contribution in [2.45, 2.75) is 6.92 Å². The molecule has 4 aromatic rings. The summed E-state index contributed by atoms with van der Waals surface area (Å²) in [5, 5.41) is 9.35. The number of aryl methyl sites for hydroxylation is 1. The Hall–Kier alpha value is -3.13. The minimum atomic E-state index is 0.987. The van der Waals surface area contributed by atoms with Gasteiger partial charge in [-0.1, -0.05) is 66.2 Å². The SMILES string of the molecule is Cc1ccc(N/N=C\c2c3ccccc3cc3ccccc23)cc1. The Balaban J connectivity index is 1.78. The lowest BCUT2D eigenvalue weighted by Gasteiger charge is -2.08. The first-order chi connectivity index (χ1) is 11.8. The summed E-state index contributed by atoms with van der Waals surface area (Å²) in [5.41, 5.74) is 6.49. The third-order valence-corrected chi connectivity index (χ3v) is 4.25. The third kappa shape index (κ3) is 2.74. The number of hydrazone groups is 1. The second-order valence-electron chi connectivity index (χ2n) is 5.97. The predicted octanol–water partition coefficient (Wildman–Crippen LogP) is 5.75. The Morgan fingerprint density at radius 3 is 1.96 bits per heavy atom. The molecule has 4 rings (SSSR count). The van der Waals surface area contributed by atoms with Crippen LogP contribution in [-0.4, -0.2) is 6.21 Å². The van der Waals surface area contributed by atoms with Gasteiger partial charge in [-0.25, -0.2) is 0 Å². The number of hydrogen-bond donors (Lipinski definition) is 1. The molecule has 0 atom stereocenters. The summed E-state index contributed by atoms with van der Waals surface area (Å²) in [6.07, 6.45) is 1.92. The Labute approximate surface area is 141 Å². The third-order valence-electron chi connectivity index (χ3n) is 4.25. The van der Waals surface area contributed by atoms with Gasteiger partial charge in [0.05, 0.1) is 11.9 Å². The highest BCUT2D eigenvalue weighted by Crippen LogP contribution is 2.27. The van der Waals surface area contributed by atoms with Crippen LogP contribution in [0.4, 0.5) is 5.69 Å².